The minimum absolute atomic E-state index is 0.819. The molecule has 0 spiro atoms. The number of ether oxygens (including phenoxy) is 1. The van der Waals surface area contributed by atoms with Crippen LogP contribution in [0.1, 0.15) is 19.8 Å². The van der Waals surface area contributed by atoms with Gasteiger partial charge in [0.15, 0.2) is 0 Å². The minimum atomic E-state index is 0.819. The third-order valence-electron chi connectivity index (χ3n) is 0.866. The van der Waals surface area contributed by atoms with Gasteiger partial charge in [-0.05, 0) is 19.4 Å². The fourth-order valence-electron chi connectivity index (χ4n) is 0.144. The Kier molecular flexibility index (Phi) is 6.85. The van der Waals surface area contributed by atoms with E-state index >= 15 is 0 Å². The van der Waals surface area contributed by atoms with E-state index in [9.17, 15) is 0 Å². The highest BCUT2D eigenvalue weighted by Crippen LogP contribution is 1.93. The van der Waals surface area contributed by atoms with Gasteiger partial charge in [0.05, 0.1) is 0 Å². The van der Waals surface area contributed by atoms with Gasteiger partial charge in [-0.2, -0.15) is 0 Å². The molecule has 0 aromatic heterocycles. The van der Waals surface area contributed by atoms with E-state index in [-0.39, 0.29) is 0 Å². The van der Waals surface area contributed by atoms with Crippen LogP contribution in [0, 0.1) is 0 Å². The summed E-state index contributed by atoms with van der Waals surface area (Å²) in [6.45, 7) is 4.88. The fraction of sp³-hybridized carbons (Fsp3) is 1.00. The van der Waals surface area contributed by atoms with Crippen molar-refractivity contribution < 1.29 is 4.74 Å². The van der Waals surface area contributed by atoms with Gasteiger partial charge in [0.25, 0.3) is 0 Å². The van der Waals surface area contributed by atoms with Gasteiger partial charge in [0, 0.05) is 13.2 Å². The molecule has 1 saturated heterocycles. The molecule has 1 rings (SSSR count). The van der Waals surface area contributed by atoms with Gasteiger partial charge in [-0.1, -0.05) is 6.92 Å². The molecule has 0 bridgehead atoms. The number of hydrogen-bond donors (Lipinski definition) is 1. The molecule has 2 heteroatoms. The Morgan fingerprint density at radius 1 is 1.50 bits per heavy atom. The second kappa shape index (κ2) is 6.92. The summed E-state index contributed by atoms with van der Waals surface area (Å²) in [7, 11) is 0. The first-order valence-corrected chi connectivity index (χ1v) is 3.19. The molecule has 1 heterocycles. The summed E-state index contributed by atoms with van der Waals surface area (Å²) in [4.78, 5) is 0. The molecule has 0 radical (unpaired) electrons. The van der Waals surface area contributed by atoms with Crippen molar-refractivity contribution in [2.45, 2.75) is 19.8 Å². The predicted molar refractivity (Wildman–Crippen MR) is 34.8 cm³/mol. The van der Waals surface area contributed by atoms with Crippen LogP contribution in [0.4, 0.5) is 0 Å². The van der Waals surface area contributed by atoms with Gasteiger partial charge in [-0.15, -0.1) is 0 Å². The average molecular weight is 117 g/mol. The molecule has 2 nitrogen and oxygen atoms in total. The third kappa shape index (κ3) is 5.92. The monoisotopic (exact) mass is 117 g/mol. The average Bonchev–Trinajstić information content (AvgIpc) is 1.61. The SMILES string of the molecule is C1COC1.CCCN. The lowest BCUT2D eigenvalue weighted by Crippen LogP contribution is -2.09. The van der Waals surface area contributed by atoms with Crippen LogP contribution in [-0.2, 0) is 4.74 Å². The highest BCUT2D eigenvalue weighted by atomic mass is 16.5. The summed E-state index contributed by atoms with van der Waals surface area (Å²) in [5.41, 5.74) is 5.03. The summed E-state index contributed by atoms with van der Waals surface area (Å²) in [5.74, 6) is 0. The molecule has 0 saturated carbocycles. The second-order valence-corrected chi connectivity index (χ2v) is 1.75. The minimum Gasteiger partial charge on any atom is -0.381 e. The molecule has 2 N–H and O–H groups in total. The zero-order chi connectivity index (χ0) is 6.24. The van der Waals surface area contributed by atoms with Crippen molar-refractivity contribution >= 4 is 0 Å². The number of hydrogen-bond acceptors (Lipinski definition) is 2. The predicted octanol–water partition coefficient (Wildman–Crippen LogP) is 0.762. The zero-order valence-electron chi connectivity index (χ0n) is 5.52. The molecule has 1 fully saturated rings. The smallest absolute Gasteiger partial charge is 0.0488 e. The molecular weight excluding hydrogens is 102 g/mol. The molecule has 8 heavy (non-hydrogen) atoms. The second-order valence-electron chi connectivity index (χ2n) is 1.75. The van der Waals surface area contributed by atoms with Crippen molar-refractivity contribution in [3.05, 3.63) is 0 Å². The van der Waals surface area contributed by atoms with E-state index < -0.39 is 0 Å². The third-order valence-corrected chi connectivity index (χ3v) is 0.866. The fourth-order valence-corrected chi connectivity index (χ4v) is 0.144. The normalized spacial score (nSPS) is 15.8. The Hall–Kier alpha value is -0.0800. The summed E-state index contributed by atoms with van der Waals surface area (Å²) in [6, 6.07) is 0. The molecule has 1 aliphatic rings. The van der Waals surface area contributed by atoms with Crippen LogP contribution < -0.4 is 5.73 Å². The van der Waals surface area contributed by atoms with E-state index in [0.717, 1.165) is 26.2 Å². The molecule has 0 unspecified atom stereocenters. The molecule has 0 aromatic carbocycles. The topological polar surface area (TPSA) is 35.2 Å². The molecule has 0 atom stereocenters. The van der Waals surface area contributed by atoms with Crippen LogP contribution in [0.15, 0.2) is 0 Å². The maximum Gasteiger partial charge on any atom is 0.0488 e. The first-order valence-electron chi connectivity index (χ1n) is 3.19. The zero-order valence-corrected chi connectivity index (χ0v) is 5.52. The van der Waals surface area contributed by atoms with Gasteiger partial charge in [0.1, 0.15) is 0 Å². The quantitative estimate of drug-likeness (QED) is 0.550. The van der Waals surface area contributed by atoms with Crippen molar-refractivity contribution in [2.75, 3.05) is 19.8 Å². The van der Waals surface area contributed by atoms with E-state index in [1.807, 2.05) is 0 Å². The van der Waals surface area contributed by atoms with Crippen molar-refractivity contribution in [2.24, 2.45) is 5.73 Å². The summed E-state index contributed by atoms with van der Waals surface area (Å²) >= 11 is 0. The van der Waals surface area contributed by atoms with E-state index in [1.165, 1.54) is 6.42 Å². The van der Waals surface area contributed by atoms with Gasteiger partial charge in [-0.25, -0.2) is 0 Å². The molecule has 0 amide bonds. The lowest BCUT2D eigenvalue weighted by atomic mass is 10.4. The Labute approximate surface area is 51.0 Å². The Bertz CT molecular complexity index is 29.5. The molecule has 0 aliphatic carbocycles. The van der Waals surface area contributed by atoms with Gasteiger partial charge in [0.2, 0.25) is 0 Å². The Balaban J connectivity index is 0.000000122. The van der Waals surface area contributed by atoms with Crippen molar-refractivity contribution in [1.82, 2.24) is 0 Å². The maximum absolute atomic E-state index is 5.03. The number of rotatable bonds is 1. The van der Waals surface area contributed by atoms with Gasteiger partial charge in [-0.3, -0.25) is 0 Å². The van der Waals surface area contributed by atoms with Crippen molar-refractivity contribution in [3.63, 3.8) is 0 Å². The van der Waals surface area contributed by atoms with E-state index in [2.05, 4.69) is 6.92 Å². The van der Waals surface area contributed by atoms with E-state index in [0.29, 0.717) is 0 Å². The van der Waals surface area contributed by atoms with Crippen LogP contribution in [0.3, 0.4) is 0 Å². The molecule has 50 valence electrons. The Morgan fingerprint density at radius 3 is 1.75 bits per heavy atom. The first-order chi connectivity index (χ1) is 3.91. The van der Waals surface area contributed by atoms with Crippen LogP contribution in [0.5, 0.6) is 0 Å². The molecular formula is C6H15NO. The standard InChI is InChI=1S/C3H9N.C3H6O/c1-2-3-4;1-2-4-3-1/h2-4H2,1H3;1-3H2. The summed E-state index contributed by atoms with van der Waals surface area (Å²) < 4.78 is 4.72. The first kappa shape index (κ1) is 7.92. The number of nitrogens with two attached hydrogens (primary N) is 1. The maximum atomic E-state index is 5.03. The van der Waals surface area contributed by atoms with E-state index in [4.69, 9.17) is 10.5 Å². The van der Waals surface area contributed by atoms with Crippen LogP contribution >= 0.6 is 0 Å². The van der Waals surface area contributed by atoms with Crippen LogP contribution in [0.2, 0.25) is 0 Å². The Morgan fingerprint density at radius 2 is 1.75 bits per heavy atom. The highest BCUT2D eigenvalue weighted by Gasteiger charge is 1.94. The van der Waals surface area contributed by atoms with E-state index in [1.54, 1.807) is 0 Å². The van der Waals surface area contributed by atoms with Crippen LogP contribution in [-0.4, -0.2) is 19.8 Å². The summed E-state index contributed by atoms with van der Waals surface area (Å²) in [5, 5.41) is 0. The van der Waals surface area contributed by atoms with Crippen molar-refractivity contribution in [3.8, 4) is 0 Å². The van der Waals surface area contributed by atoms with Gasteiger partial charge >= 0.3 is 0 Å². The molecule has 1 aliphatic heterocycles. The lowest BCUT2D eigenvalue weighted by Gasteiger charge is -2.09. The van der Waals surface area contributed by atoms with Crippen molar-refractivity contribution in [1.29, 1.82) is 0 Å². The summed E-state index contributed by atoms with van der Waals surface area (Å²) in [6.07, 6.45) is 2.38. The lowest BCUT2D eigenvalue weighted by molar-refractivity contribution is 0.0367. The van der Waals surface area contributed by atoms with Crippen LogP contribution in [0.25, 0.3) is 0 Å². The molecule has 0 aromatic rings. The highest BCUT2D eigenvalue weighted by molar-refractivity contribution is 4.41. The largest absolute Gasteiger partial charge is 0.381 e. The van der Waals surface area contributed by atoms with Gasteiger partial charge < -0.3 is 10.5 Å².